The Morgan fingerprint density at radius 1 is 0.909 bits per heavy atom. The number of hydrogen-bond donors (Lipinski definition) is 2. The molecule has 0 aliphatic carbocycles. The number of pyridine rings is 1. The first-order chi connectivity index (χ1) is 16.1. The molecule has 5 rings (SSSR count). The third-order valence-electron chi connectivity index (χ3n) is 5.84. The van der Waals surface area contributed by atoms with Gasteiger partial charge < -0.3 is 20.4 Å². The van der Waals surface area contributed by atoms with E-state index in [1.165, 1.54) is 5.56 Å². The normalized spacial score (nSPS) is 14.4. The van der Waals surface area contributed by atoms with Crippen LogP contribution in [0.25, 0.3) is 10.9 Å². The molecule has 4 aromatic rings. The number of benzene rings is 2. The smallest absolute Gasteiger partial charge is 0.227 e. The summed E-state index contributed by atoms with van der Waals surface area (Å²) in [4.78, 5) is 18.1. The Hall–Kier alpha value is -3.42. The topological polar surface area (TPSA) is 69.2 Å². The van der Waals surface area contributed by atoms with Gasteiger partial charge >= 0.3 is 0 Å². The van der Waals surface area contributed by atoms with Crippen LogP contribution in [0.3, 0.4) is 0 Å². The maximum Gasteiger partial charge on any atom is 0.227 e. The van der Waals surface area contributed by atoms with Gasteiger partial charge in [0.1, 0.15) is 5.82 Å². The molecule has 2 aromatic carbocycles. The van der Waals surface area contributed by atoms with Gasteiger partial charge in [-0.3, -0.25) is 4.98 Å². The minimum Gasteiger partial charge on any atom is -0.366 e. The fourth-order valence-electron chi connectivity index (χ4n) is 3.89. The van der Waals surface area contributed by atoms with Gasteiger partial charge in [0.15, 0.2) is 0 Å². The first kappa shape index (κ1) is 21.4. The zero-order valence-corrected chi connectivity index (χ0v) is 19.3. The number of aromatic nitrogens is 3. The molecule has 0 spiro atoms. The molecule has 168 valence electrons. The summed E-state index contributed by atoms with van der Waals surface area (Å²) in [6.07, 6.45) is 3.61. The Labute approximate surface area is 198 Å². The molecule has 1 saturated heterocycles. The van der Waals surface area contributed by atoms with E-state index in [9.17, 15) is 0 Å². The number of hydrogen-bond acceptors (Lipinski definition) is 7. The molecule has 0 amide bonds. The lowest BCUT2D eigenvalue weighted by Gasteiger charge is -2.32. The van der Waals surface area contributed by atoms with Crippen LogP contribution in [0.4, 0.5) is 23.1 Å². The summed E-state index contributed by atoms with van der Waals surface area (Å²) in [5.41, 5.74) is 4.06. The number of piperazine rings is 1. The molecule has 0 unspecified atom stereocenters. The zero-order chi connectivity index (χ0) is 22.6. The molecule has 2 N–H and O–H groups in total. The SMILES string of the molecule is CN1CCN(c2nccc(NCc3ccc(Nc4ccnc5cc(Cl)ccc45)cc3)n2)CC1. The van der Waals surface area contributed by atoms with E-state index in [2.05, 4.69) is 61.7 Å². The Balaban J connectivity index is 1.22. The van der Waals surface area contributed by atoms with Gasteiger partial charge in [-0.05, 0) is 55.1 Å². The molecule has 1 aliphatic rings. The summed E-state index contributed by atoms with van der Waals surface area (Å²) in [5, 5.41) is 8.62. The summed E-state index contributed by atoms with van der Waals surface area (Å²) >= 11 is 6.10. The highest BCUT2D eigenvalue weighted by atomic mass is 35.5. The van der Waals surface area contributed by atoms with Crippen LogP contribution >= 0.6 is 11.6 Å². The lowest BCUT2D eigenvalue weighted by Crippen LogP contribution is -2.45. The second-order valence-electron chi connectivity index (χ2n) is 8.23. The van der Waals surface area contributed by atoms with Gasteiger partial charge in [0, 0.05) is 66.9 Å². The lowest BCUT2D eigenvalue weighted by molar-refractivity contribution is 0.311. The van der Waals surface area contributed by atoms with Crippen LogP contribution in [0.1, 0.15) is 5.56 Å². The van der Waals surface area contributed by atoms with E-state index in [0.29, 0.717) is 11.6 Å². The van der Waals surface area contributed by atoms with E-state index in [0.717, 1.165) is 60.2 Å². The van der Waals surface area contributed by atoms with Gasteiger partial charge in [-0.1, -0.05) is 23.7 Å². The minimum absolute atomic E-state index is 0.684. The number of halogens is 1. The number of nitrogens with one attached hydrogen (secondary N) is 2. The van der Waals surface area contributed by atoms with Crippen molar-refractivity contribution >= 4 is 45.6 Å². The maximum absolute atomic E-state index is 6.10. The quantitative estimate of drug-likeness (QED) is 0.429. The van der Waals surface area contributed by atoms with Gasteiger partial charge in [-0.25, -0.2) is 4.98 Å². The molecule has 8 heteroatoms. The van der Waals surface area contributed by atoms with Crippen molar-refractivity contribution in [3.63, 3.8) is 0 Å². The molecule has 0 atom stereocenters. The Morgan fingerprint density at radius 2 is 1.70 bits per heavy atom. The summed E-state index contributed by atoms with van der Waals surface area (Å²) in [5.74, 6) is 1.63. The lowest BCUT2D eigenvalue weighted by atomic mass is 10.1. The van der Waals surface area contributed by atoms with Gasteiger partial charge in [0.2, 0.25) is 5.95 Å². The molecular weight excluding hydrogens is 434 g/mol. The van der Waals surface area contributed by atoms with Crippen molar-refractivity contribution in [1.29, 1.82) is 0 Å². The third-order valence-corrected chi connectivity index (χ3v) is 6.08. The van der Waals surface area contributed by atoms with Crippen LogP contribution in [0.2, 0.25) is 5.02 Å². The summed E-state index contributed by atoms with van der Waals surface area (Å²) < 4.78 is 0. The Bertz CT molecular complexity index is 1240. The van der Waals surface area contributed by atoms with Crippen molar-refractivity contribution in [2.45, 2.75) is 6.54 Å². The first-order valence-corrected chi connectivity index (χ1v) is 11.4. The van der Waals surface area contributed by atoms with Crippen molar-refractivity contribution < 1.29 is 0 Å². The van der Waals surface area contributed by atoms with Crippen LogP contribution < -0.4 is 15.5 Å². The molecule has 33 heavy (non-hydrogen) atoms. The van der Waals surface area contributed by atoms with Crippen LogP contribution in [-0.2, 0) is 6.54 Å². The zero-order valence-electron chi connectivity index (χ0n) is 18.5. The van der Waals surface area contributed by atoms with Crippen molar-refractivity contribution in [1.82, 2.24) is 19.9 Å². The second kappa shape index (κ2) is 9.60. The van der Waals surface area contributed by atoms with Crippen molar-refractivity contribution in [2.24, 2.45) is 0 Å². The second-order valence-corrected chi connectivity index (χ2v) is 8.66. The highest BCUT2D eigenvalue weighted by Crippen LogP contribution is 2.27. The van der Waals surface area contributed by atoms with Crippen LogP contribution in [-0.4, -0.2) is 53.1 Å². The molecule has 0 saturated carbocycles. The van der Waals surface area contributed by atoms with Gasteiger partial charge in [0.05, 0.1) is 5.52 Å². The van der Waals surface area contributed by atoms with Gasteiger partial charge in [-0.15, -0.1) is 0 Å². The van der Waals surface area contributed by atoms with Crippen LogP contribution in [0.15, 0.2) is 67.0 Å². The number of nitrogens with zero attached hydrogens (tertiary/aromatic N) is 5. The van der Waals surface area contributed by atoms with Crippen molar-refractivity contribution in [3.8, 4) is 0 Å². The standard InChI is InChI=1S/C25H26ClN7/c1-32-12-14-33(15-13-32)25-28-11-9-24(31-25)29-17-18-2-5-20(6-3-18)30-22-8-10-27-23-16-19(26)4-7-21(22)23/h2-11,16H,12-15,17H2,1H3,(H,27,30)(H,28,29,31). The Kier molecular flexibility index (Phi) is 6.24. The van der Waals surface area contributed by atoms with Crippen molar-refractivity contribution in [2.75, 3.05) is 48.8 Å². The summed E-state index contributed by atoms with van der Waals surface area (Å²) in [6, 6.07) is 18.0. The monoisotopic (exact) mass is 459 g/mol. The van der Waals surface area contributed by atoms with E-state index < -0.39 is 0 Å². The first-order valence-electron chi connectivity index (χ1n) is 11.0. The average Bonchev–Trinajstić information content (AvgIpc) is 2.84. The molecule has 0 radical (unpaired) electrons. The van der Waals surface area contributed by atoms with Crippen molar-refractivity contribution in [3.05, 3.63) is 77.6 Å². The third kappa shape index (κ3) is 5.16. The summed E-state index contributed by atoms with van der Waals surface area (Å²) in [6.45, 7) is 4.66. The van der Waals surface area contributed by atoms with E-state index >= 15 is 0 Å². The molecule has 2 aromatic heterocycles. The minimum atomic E-state index is 0.684. The number of rotatable bonds is 6. The van der Waals surface area contributed by atoms with Gasteiger partial charge in [-0.2, -0.15) is 4.98 Å². The number of likely N-dealkylation sites (N-methyl/N-ethyl adjacent to an activating group) is 1. The van der Waals surface area contributed by atoms with Crippen LogP contribution in [0, 0.1) is 0 Å². The van der Waals surface area contributed by atoms with E-state index in [1.807, 2.05) is 36.5 Å². The van der Waals surface area contributed by atoms with Crippen LogP contribution in [0.5, 0.6) is 0 Å². The molecule has 1 aliphatic heterocycles. The fraction of sp³-hybridized carbons (Fsp3) is 0.240. The molecule has 0 bridgehead atoms. The Morgan fingerprint density at radius 3 is 2.52 bits per heavy atom. The number of anilines is 4. The van der Waals surface area contributed by atoms with E-state index in [1.54, 1.807) is 6.20 Å². The molecular formula is C25H26ClN7. The summed E-state index contributed by atoms with van der Waals surface area (Å²) in [7, 11) is 2.15. The largest absolute Gasteiger partial charge is 0.366 e. The predicted octanol–water partition coefficient (Wildman–Crippen LogP) is 4.79. The maximum atomic E-state index is 6.10. The van der Waals surface area contributed by atoms with Gasteiger partial charge in [0.25, 0.3) is 0 Å². The predicted molar refractivity (Wildman–Crippen MR) is 136 cm³/mol. The fourth-order valence-corrected chi connectivity index (χ4v) is 4.06. The number of fused-ring (bicyclic) bond motifs is 1. The highest BCUT2D eigenvalue weighted by Gasteiger charge is 2.16. The molecule has 3 heterocycles. The van der Waals surface area contributed by atoms with E-state index in [-0.39, 0.29) is 0 Å². The average molecular weight is 460 g/mol. The molecule has 1 fully saturated rings. The highest BCUT2D eigenvalue weighted by molar-refractivity contribution is 6.31. The molecule has 7 nitrogen and oxygen atoms in total. The van der Waals surface area contributed by atoms with E-state index in [4.69, 9.17) is 16.6 Å².